The van der Waals surface area contributed by atoms with E-state index in [1.807, 2.05) is 13.0 Å². The van der Waals surface area contributed by atoms with Crippen LogP contribution in [0.3, 0.4) is 0 Å². The Bertz CT molecular complexity index is 400. The lowest BCUT2D eigenvalue weighted by Gasteiger charge is -2.12. The van der Waals surface area contributed by atoms with Crippen LogP contribution in [0.2, 0.25) is 5.02 Å². The summed E-state index contributed by atoms with van der Waals surface area (Å²) in [4.78, 5) is 12.0. The van der Waals surface area contributed by atoms with E-state index in [0.29, 0.717) is 10.6 Å². The van der Waals surface area contributed by atoms with Gasteiger partial charge in [-0.1, -0.05) is 11.6 Å². The van der Waals surface area contributed by atoms with Crippen molar-refractivity contribution in [1.82, 2.24) is 10.6 Å². The Kier molecular flexibility index (Phi) is 3.46. The molecule has 1 amide bonds. The molecule has 2 rings (SSSR count). The van der Waals surface area contributed by atoms with Crippen LogP contribution in [0.4, 0.5) is 0 Å². The minimum atomic E-state index is -0.0112. The highest BCUT2D eigenvalue weighted by molar-refractivity contribution is 6.30. The molecule has 0 spiro atoms. The first-order chi connectivity index (χ1) is 7.66. The van der Waals surface area contributed by atoms with E-state index < -0.39 is 0 Å². The van der Waals surface area contributed by atoms with Crippen molar-refractivity contribution in [3.05, 3.63) is 34.3 Å². The van der Waals surface area contributed by atoms with E-state index in [1.165, 1.54) is 0 Å². The normalized spacial score (nSPS) is 19.8. The molecule has 4 heteroatoms. The molecule has 0 aliphatic carbocycles. The summed E-state index contributed by atoms with van der Waals surface area (Å²) in [6, 6.07) is 5.58. The van der Waals surface area contributed by atoms with Gasteiger partial charge in [0, 0.05) is 23.2 Å². The molecule has 1 unspecified atom stereocenters. The predicted octanol–water partition coefficient (Wildman–Crippen LogP) is 1.74. The van der Waals surface area contributed by atoms with Crippen LogP contribution >= 0.6 is 11.6 Å². The highest BCUT2D eigenvalue weighted by atomic mass is 35.5. The molecule has 1 atom stereocenters. The maximum atomic E-state index is 12.0. The van der Waals surface area contributed by atoms with Gasteiger partial charge in [-0.15, -0.1) is 0 Å². The lowest BCUT2D eigenvalue weighted by Crippen LogP contribution is -2.36. The molecule has 0 saturated carbocycles. The molecule has 3 nitrogen and oxygen atoms in total. The molecule has 1 heterocycles. The average molecular weight is 239 g/mol. The summed E-state index contributed by atoms with van der Waals surface area (Å²) in [5, 5.41) is 6.89. The second kappa shape index (κ2) is 4.85. The lowest BCUT2D eigenvalue weighted by atomic mass is 10.1. The second-order valence-electron chi connectivity index (χ2n) is 4.12. The number of carbonyl (C=O) groups is 1. The zero-order chi connectivity index (χ0) is 11.5. The summed E-state index contributed by atoms with van der Waals surface area (Å²) in [5.74, 6) is -0.0112. The summed E-state index contributed by atoms with van der Waals surface area (Å²) in [7, 11) is 0. The number of benzene rings is 1. The number of carbonyl (C=O) groups excluding carboxylic acids is 1. The first kappa shape index (κ1) is 11.4. The third-order valence-electron chi connectivity index (χ3n) is 2.83. The molecule has 0 bridgehead atoms. The zero-order valence-corrected chi connectivity index (χ0v) is 9.97. The zero-order valence-electron chi connectivity index (χ0n) is 9.22. The summed E-state index contributed by atoms with van der Waals surface area (Å²) < 4.78 is 0. The van der Waals surface area contributed by atoms with Crippen LogP contribution in [-0.2, 0) is 0 Å². The molecular formula is C12H15ClN2O. The molecule has 1 aromatic rings. The molecule has 1 saturated heterocycles. The van der Waals surface area contributed by atoms with Gasteiger partial charge in [-0.25, -0.2) is 0 Å². The molecule has 1 aliphatic heterocycles. The van der Waals surface area contributed by atoms with Gasteiger partial charge in [0.2, 0.25) is 0 Å². The van der Waals surface area contributed by atoms with E-state index in [2.05, 4.69) is 10.6 Å². The Hall–Kier alpha value is -1.06. The smallest absolute Gasteiger partial charge is 0.251 e. The first-order valence-electron chi connectivity index (χ1n) is 5.44. The van der Waals surface area contributed by atoms with E-state index in [-0.39, 0.29) is 11.9 Å². The van der Waals surface area contributed by atoms with Crippen molar-refractivity contribution in [1.29, 1.82) is 0 Å². The molecule has 0 aromatic heterocycles. The van der Waals surface area contributed by atoms with Crippen LogP contribution in [0.1, 0.15) is 22.3 Å². The fourth-order valence-electron chi connectivity index (χ4n) is 1.92. The average Bonchev–Trinajstić information content (AvgIpc) is 2.70. The van der Waals surface area contributed by atoms with Crippen LogP contribution in [0.5, 0.6) is 0 Å². The lowest BCUT2D eigenvalue weighted by molar-refractivity contribution is 0.0939. The third-order valence-corrected chi connectivity index (χ3v) is 3.06. The largest absolute Gasteiger partial charge is 0.348 e. The van der Waals surface area contributed by atoms with Crippen molar-refractivity contribution in [2.24, 2.45) is 0 Å². The molecule has 16 heavy (non-hydrogen) atoms. The van der Waals surface area contributed by atoms with Crippen LogP contribution < -0.4 is 10.6 Å². The van der Waals surface area contributed by atoms with Crippen LogP contribution in [-0.4, -0.2) is 25.0 Å². The van der Waals surface area contributed by atoms with Gasteiger partial charge in [-0.3, -0.25) is 4.79 Å². The van der Waals surface area contributed by atoms with Crippen molar-refractivity contribution in [3.63, 3.8) is 0 Å². The van der Waals surface area contributed by atoms with Gasteiger partial charge in [0.05, 0.1) is 0 Å². The van der Waals surface area contributed by atoms with Gasteiger partial charge in [0.15, 0.2) is 0 Å². The Morgan fingerprint density at radius 2 is 2.38 bits per heavy atom. The highest BCUT2D eigenvalue weighted by Crippen LogP contribution is 2.15. The number of amides is 1. The molecule has 0 radical (unpaired) electrons. The molecule has 1 fully saturated rings. The van der Waals surface area contributed by atoms with Crippen molar-refractivity contribution < 1.29 is 4.79 Å². The van der Waals surface area contributed by atoms with Crippen molar-refractivity contribution in [3.8, 4) is 0 Å². The van der Waals surface area contributed by atoms with E-state index in [4.69, 9.17) is 11.6 Å². The Morgan fingerprint density at radius 1 is 1.56 bits per heavy atom. The Balaban J connectivity index is 2.08. The number of rotatable bonds is 2. The maximum Gasteiger partial charge on any atom is 0.251 e. The number of hydrogen-bond acceptors (Lipinski definition) is 2. The third kappa shape index (κ3) is 2.54. The van der Waals surface area contributed by atoms with Gasteiger partial charge in [0.25, 0.3) is 5.91 Å². The van der Waals surface area contributed by atoms with Gasteiger partial charge in [0.1, 0.15) is 0 Å². The van der Waals surface area contributed by atoms with E-state index in [0.717, 1.165) is 25.1 Å². The van der Waals surface area contributed by atoms with Crippen LogP contribution in [0.25, 0.3) is 0 Å². The first-order valence-corrected chi connectivity index (χ1v) is 5.82. The van der Waals surface area contributed by atoms with Gasteiger partial charge < -0.3 is 10.6 Å². The monoisotopic (exact) mass is 238 g/mol. The number of aryl methyl sites for hydroxylation is 1. The van der Waals surface area contributed by atoms with Crippen molar-refractivity contribution >= 4 is 17.5 Å². The Labute approximate surface area is 100 Å². The second-order valence-corrected chi connectivity index (χ2v) is 4.56. The minimum absolute atomic E-state index is 0.0112. The standard InChI is InChI=1S/C12H15ClN2O/c1-8-6-9(13)2-3-11(8)12(16)15-10-4-5-14-7-10/h2-3,6,10,14H,4-5,7H2,1H3,(H,15,16). The van der Waals surface area contributed by atoms with Crippen molar-refractivity contribution in [2.75, 3.05) is 13.1 Å². The van der Waals surface area contributed by atoms with Crippen LogP contribution in [0, 0.1) is 6.92 Å². The Morgan fingerprint density at radius 3 is 3.00 bits per heavy atom. The van der Waals surface area contributed by atoms with Gasteiger partial charge >= 0.3 is 0 Å². The molecule has 1 aromatic carbocycles. The molecule has 86 valence electrons. The summed E-state index contributed by atoms with van der Waals surface area (Å²) in [5.41, 5.74) is 1.62. The van der Waals surface area contributed by atoms with Crippen molar-refractivity contribution in [2.45, 2.75) is 19.4 Å². The maximum absolute atomic E-state index is 12.0. The molecule has 1 aliphatic rings. The number of nitrogens with one attached hydrogen (secondary N) is 2. The van der Waals surface area contributed by atoms with E-state index >= 15 is 0 Å². The van der Waals surface area contributed by atoms with E-state index in [1.54, 1.807) is 12.1 Å². The number of halogens is 1. The predicted molar refractivity (Wildman–Crippen MR) is 64.9 cm³/mol. The van der Waals surface area contributed by atoms with Crippen LogP contribution in [0.15, 0.2) is 18.2 Å². The van der Waals surface area contributed by atoms with Gasteiger partial charge in [-0.05, 0) is 43.7 Å². The van der Waals surface area contributed by atoms with E-state index in [9.17, 15) is 4.79 Å². The fraction of sp³-hybridized carbons (Fsp3) is 0.417. The number of hydrogen-bond donors (Lipinski definition) is 2. The summed E-state index contributed by atoms with van der Waals surface area (Å²) in [6.07, 6.45) is 0.998. The molecule has 2 N–H and O–H groups in total. The quantitative estimate of drug-likeness (QED) is 0.824. The topological polar surface area (TPSA) is 41.1 Å². The van der Waals surface area contributed by atoms with Gasteiger partial charge in [-0.2, -0.15) is 0 Å². The fourth-order valence-corrected chi connectivity index (χ4v) is 2.15. The SMILES string of the molecule is Cc1cc(Cl)ccc1C(=O)NC1CCNC1. The summed E-state index contributed by atoms with van der Waals surface area (Å²) in [6.45, 7) is 3.73. The minimum Gasteiger partial charge on any atom is -0.348 e. The highest BCUT2D eigenvalue weighted by Gasteiger charge is 2.18. The summed E-state index contributed by atoms with van der Waals surface area (Å²) >= 11 is 5.85. The molecular weight excluding hydrogens is 224 g/mol.